The molecule has 1 aromatic carbocycles. The zero-order valence-electron chi connectivity index (χ0n) is 12.0. The van der Waals surface area contributed by atoms with E-state index in [-0.39, 0.29) is 0 Å². The molecule has 0 atom stereocenters. The summed E-state index contributed by atoms with van der Waals surface area (Å²) in [5, 5.41) is 0. The Bertz CT molecular complexity index is 318. The number of hydrogen-bond donors (Lipinski definition) is 0. The van der Waals surface area contributed by atoms with Crippen molar-refractivity contribution in [2.75, 3.05) is 19.6 Å². The van der Waals surface area contributed by atoms with Gasteiger partial charge in [-0.1, -0.05) is 31.5 Å². The number of para-hydroxylation sites is 1. The highest BCUT2D eigenvalue weighted by molar-refractivity contribution is 5.50. The molecule has 0 saturated carbocycles. The molecule has 0 amide bonds. The molecule has 0 radical (unpaired) electrons. The smallest absolute Gasteiger partial charge is 0.136 e. The van der Waals surface area contributed by atoms with E-state index in [0.717, 1.165) is 4.48 Å². The number of quaternary nitrogens is 1. The fourth-order valence-electron chi connectivity index (χ4n) is 2.73. The average Bonchev–Trinajstić information content (AvgIpc) is 2.40. The predicted molar refractivity (Wildman–Crippen MR) is 78.5 cm³/mol. The Morgan fingerprint density at radius 3 is 2.00 bits per heavy atom. The van der Waals surface area contributed by atoms with Crippen molar-refractivity contribution in [3.8, 4) is 0 Å². The summed E-state index contributed by atoms with van der Waals surface area (Å²) in [6.45, 7) is 12.8. The van der Waals surface area contributed by atoms with E-state index in [0.29, 0.717) is 0 Å². The van der Waals surface area contributed by atoms with E-state index < -0.39 is 0 Å². The molecular weight excluding hydrogens is 206 g/mol. The molecule has 0 aliphatic rings. The van der Waals surface area contributed by atoms with Crippen LogP contribution in [-0.2, 0) is 6.42 Å². The molecule has 1 nitrogen and oxygen atoms in total. The summed E-state index contributed by atoms with van der Waals surface area (Å²) in [6, 6.07) is 9.03. The van der Waals surface area contributed by atoms with Gasteiger partial charge in [0.1, 0.15) is 5.69 Å². The molecule has 0 bridgehead atoms. The monoisotopic (exact) mass is 234 g/mol. The highest BCUT2D eigenvalue weighted by atomic mass is 15.3. The van der Waals surface area contributed by atoms with Crippen LogP contribution >= 0.6 is 0 Å². The molecule has 0 unspecified atom stereocenters. The first-order valence-electron chi connectivity index (χ1n) is 7.18. The fourth-order valence-corrected chi connectivity index (χ4v) is 2.73. The Kier molecular flexibility index (Phi) is 5.70. The highest BCUT2D eigenvalue weighted by Gasteiger charge is 2.26. The summed E-state index contributed by atoms with van der Waals surface area (Å²) in [4.78, 5) is 0. The lowest BCUT2D eigenvalue weighted by atomic mass is 10.0. The van der Waals surface area contributed by atoms with Crippen LogP contribution in [0.25, 0.3) is 0 Å². The first-order valence-corrected chi connectivity index (χ1v) is 7.18. The van der Waals surface area contributed by atoms with Gasteiger partial charge in [0.2, 0.25) is 0 Å². The average molecular weight is 234 g/mol. The molecule has 0 aliphatic carbocycles. The Morgan fingerprint density at radius 1 is 0.882 bits per heavy atom. The first-order chi connectivity index (χ1) is 8.24. The molecule has 0 N–H and O–H groups in total. The minimum atomic E-state index is 1.12. The molecule has 17 heavy (non-hydrogen) atoms. The molecule has 0 heterocycles. The van der Waals surface area contributed by atoms with Crippen LogP contribution in [0.2, 0.25) is 0 Å². The van der Waals surface area contributed by atoms with Crippen molar-refractivity contribution < 1.29 is 0 Å². The van der Waals surface area contributed by atoms with Crippen LogP contribution in [-0.4, -0.2) is 19.6 Å². The quantitative estimate of drug-likeness (QED) is 0.614. The van der Waals surface area contributed by atoms with Crippen molar-refractivity contribution in [2.45, 2.75) is 47.0 Å². The van der Waals surface area contributed by atoms with Crippen LogP contribution in [0, 0.1) is 0 Å². The second kappa shape index (κ2) is 6.80. The number of nitrogens with zero attached hydrogens (tertiary/aromatic N) is 1. The molecule has 0 aromatic heterocycles. The predicted octanol–water partition coefficient (Wildman–Crippen LogP) is 4.40. The van der Waals surface area contributed by atoms with Crippen LogP contribution in [0.5, 0.6) is 0 Å². The lowest BCUT2D eigenvalue weighted by Crippen LogP contribution is -2.49. The van der Waals surface area contributed by atoms with Crippen molar-refractivity contribution in [3.63, 3.8) is 0 Å². The number of hydrogen-bond acceptors (Lipinski definition) is 0. The molecule has 0 fully saturated rings. The van der Waals surface area contributed by atoms with Crippen LogP contribution in [0.3, 0.4) is 0 Å². The largest absolute Gasteiger partial charge is 0.292 e. The van der Waals surface area contributed by atoms with Gasteiger partial charge in [-0.25, -0.2) is 0 Å². The molecule has 0 aliphatic heterocycles. The van der Waals surface area contributed by atoms with Gasteiger partial charge in [0.15, 0.2) is 0 Å². The minimum Gasteiger partial charge on any atom is -0.292 e. The van der Waals surface area contributed by atoms with Crippen molar-refractivity contribution in [1.29, 1.82) is 0 Å². The summed E-state index contributed by atoms with van der Waals surface area (Å²) < 4.78 is 1.12. The van der Waals surface area contributed by atoms with Crippen LogP contribution in [0.1, 0.15) is 46.1 Å². The Morgan fingerprint density at radius 2 is 1.47 bits per heavy atom. The fraction of sp³-hybridized carbons (Fsp3) is 0.625. The molecule has 0 saturated heterocycles. The van der Waals surface area contributed by atoms with Crippen LogP contribution < -0.4 is 4.48 Å². The van der Waals surface area contributed by atoms with E-state index in [9.17, 15) is 0 Å². The van der Waals surface area contributed by atoms with Crippen molar-refractivity contribution >= 4 is 5.69 Å². The normalized spacial score (nSPS) is 11.8. The van der Waals surface area contributed by atoms with Gasteiger partial charge >= 0.3 is 0 Å². The lowest BCUT2D eigenvalue weighted by Gasteiger charge is -2.36. The van der Waals surface area contributed by atoms with Gasteiger partial charge < -0.3 is 0 Å². The zero-order valence-corrected chi connectivity index (χ0v) is 12.0. The number of rotatable bonds is 7. The maximum Gasteiger partial charge on any atom is 0.136 e. The SMILES string of the molecule is CCCCc1ccccc1[N+](CC)(CC)CC. The zero-order chi connectivity index (χ0) is 12.7. The summed E-state index contributed by atoms with van der Waals surface area (Å²) in [5.41, 5.74) is 3.10. The minimum absolute atomic E-state index is 1.12. The summed E-state index contributed by atoms with van der Waals surface area (Å²) in [7, 11) is 0. The molecule has 1 heteroatoms. The van der Waals surface area contributed by atoms with E-state index >= 15 is 0 Å². The van der Waals surface area contributed by atoms with E-state index in [4.69, 9.17) is 0 Å². The lowest BCUT2D eigenvalue weighted by molar-refractivity contribution is 0.313. The molecule has 1 aromatic rings. The van der Waals surface area contributed by atoms with Crippen LogP contribution in [0.15, 0.2) is 24.3 Å². The van der Waals surface area contributed by atoms with Gasteiger partial charge in [0.05, 0.1) is 19.6 Å². The van der Waals surface area contributed by atoms with E-state index in [1.807, 2.05) is 0 Å². The first kappa shape index (κ1) is 14.2. The molecular formula is C16H28N+. The van der Waals surface area contributed by atoms with Crippen molar-refractivity contribution in [3.05, 3.63) is 29.8 Å². The van der Waals surface area contributed by atoms with Gasteiger partial charge in [-0.2, -0.15) is 0 Å². The van der Waals surface area contributed by atoms with Gasteiger partial charge in [0, 0.05) is 5.56 Å². The van der Waals surface area contributed by atoms with E-state index in [2.05, 4.69) is 52.0 Å². The number of benzene rings is 1. The number of aryl methyl sites for hydroxylation is 1. The number of unbranched alkanes of at least 4 members (excludes halogenated alkanes) is 1. The van der Waals surface area contributed by atoms with Crippen LogP contribution in [0.4, 0.5) is 5.69 Å². The van der Waals surface area contributed by atoms with Gasteiger partial charge in [-0.15, -0.1) is 0 Å². The third kappa shape index (κ3) is 3.10. The Hall–Kier alpha value is -0.820. The Balaban J connectivity index is 3.09. The Labute approximate surface area is 107 Å². The second-order valence-electron chi connectivity index (χ2n) is 4.83. The maximum atomic E-state index is 2.33. The molecule has 96 valence electrons. The standard InChI is InChI=1S/C16H28N/c1-5-9-12-15-13-10-11-14-16(15)17(6-2,7-3)8-4/h10-11,13-14H,5-9,12H2,1-4H3/q+1. The van der Waals surface area contributed by atoms with Gasteiger partial charge in [0.25, 0.3) is 0 Å². The van der Waals surface area contributed by atoms with Gasteiger partial charge in [-0.05, 0) is 39.7 Å². The maximum absolute atomic E-state index is 2.33. The molecule has 0 spiro atoms. The summed E-state index contributed by atoms with van der Waals surface area (Å²) in [6.07, 6.45) is 3.81. The van der Waals surface area contributed by atoms with E-state index in [1.165, 1.54) is 38.9 Å². The van der Waals surface area contributed by atoms with Gasteiger partial charge in [-0.3, -0.25) is 4.48 Å². The highest BCUT2D eigenvalue weighted by Crippen LogP contribution is 2.28. The summed E-state index contributed by atoms with van der Waals surface area (Å²) in [5.74, 6) is 0. The topological polar surface area (TPSA) is 0 Å². The third-order valence-corrected chi connectivity index (χ3v) is 4.12. The van der Waals surface area contributed by atoms with E-state index in [1.54, 1.807) is 11.3 Å². The van der Waals surface area contributed by atoms with Crippen molar-refractivity contribution in [1.82, 2.24) is 4.48 Å². The second-order valence-corrected chi connectivity index (χ2v) is 4.83. The molecule has 1 rings (SSSR count). The third-order valence-electron chi connectivity index (χ3n) is 4.12. The van der Waals surface area contributed by atoms with Crippen molar-refractivity contribution in [2.24, 2.45) is 0 Å². The summed E-state index contributed by atoms with van der Waals surface area (Å²) >= 11 is 0.